The topological polar surface area (TPSA) is 44.9 Å². The molecule has 3 heteroatoms. The van der Waals surface area contributed by atoms with Gasteiger partial charge >= 0.3 is 0 Å². The van der Waals surface area contributed by atoms with Gasteiger partial charge in [0.2, 0.25) is 6.41 Å². The van der Waals surface area contributed by atoms with Crippen LogP contribution in [0.25, 0.3) is 10.9 Å². The first-order valence-corrected chi connectivity index (χ1v) is 7.11. The van der Waals surface area contributed by atoms with Gasteiger partial charge in [0.25, 0.3) is 0 Å². The Labute approximate surface area is 114 Å². The van der Waals surface area contributed by atoms with Crippen LogP contribution in [0.5, 0.6) is 0 Å². The second-order valence-corrected chi connectivity index (χ2v) is 5.04. The van der Waals surface area contributed by atoms with Gasteiger partial charge in [-0.3, -0.25) is 4.79 Å². The molecule has 2 rings (SSSR count). The highest BCUT2D eigenvalue weighted by Crippen LogP contribution is 2.33. The van der Waals surface area contributed by atoms with E-state index < -0.39 is 0 Å². The van der Waals surface area contributed by atoms with Gasteiger partial charge in [-0.25, -0.2) is 0 Å². The van der Waals surface area contributed by atoms with E-state index in [-0.39, 0.29) is 0 Å². The van der Waals surface area contributed by atoms with Crippen LogP contribution in [-0.2, 0) is 4.79 Å². The minimum Gasteiger partial charge on any atom is -0.361 e. The average Bonchev–Trinajstić information content (AvgIpc) is 2.82. The van der Waals surface area contributed by atoms with E-state index in [9.17, 15) is 4.79 Å². The molecule has 1 aromatic heterocycles. The van der Waals surface area contributed by atoms with E-state index in [0.29, 0.717) is 5.92 Å². The van der Waals surface area contributed by atoms with Crippen molar-refractivity contribution in [2.75, 3.05) is 5.32 Å². The molecule has 0 aliphatic heterocycles. The SMILES string of the molecule is CCCC(CCC)c1c[nH]c2ccc(NC=O)cc12. The predicted molar refractivity (Wildman–Crippen MR) is 80.5 cm³/mol. The van der Waals surface area contributed by atoms with Crippen LogP contribution in [0.15, 0.2) is 24.4 Å². The zero-order valence-electron chi connectivity index (χ0n) is 11.7. The number of amides is 1. The number of aromatic nitrogens is 1. The molecular weight excluding hydrogens is 236 g/mol. The van der Waals surface area contributed by atoms with Gasteiger partial charge in [0.15, 0.2) is 0 Å². The fourth-order valence-electron chi connectivity index (χ4n) is 2.79. The minimum absolute atomic E-state index is 0.607. The summed E-state index contributed by atoms with van der Waals surface area (Å²) in [5, 5.41) is 3.96. The molecule has 0 aliphatic rings. The zero-order valence-corrected chi connectivity index (χ0v) is 11.7. The fourth-order valence-corrected chi connectivity index (χ4v) is 2.79. The summed E-state index contributed by atoms with van der Waals surface area (Å²) in [7, 11) is 0. The van der Waals surface area contributed by atoms with Crippen molar-refractivity contribution in [3.05, 3.63) is 30.0 Å². The molecule has 0 atom stereocenters. The number of rotatable bonds is 7. The van der Waals surface area contributed by atoms with Crippen molar-refractivity contribution in [1.82, 2.24) is 4.98 Å². The third-order valence-electron chi connectivity index (χ3n) is 3.65. The van der Waals surface area contributed by atoms with Crippen LogP contribution in [0, 0.1) is 0 Å². The molecule has 0 unspecified atom stereocenters. The van der Waals surface area contributed by atoms with Gasteiger partial charge in [0, 0.05) is 22.8 Å². The van der Waals surface area contributed by atoms with Crippen molar-refractivity contribution in [3.8, 4) is 0 Å². The van der Waals surface area contributed by atoms with E-state index in [1.54, 1.807) is 0 Å². The van der Waals surface area contributed by atoms with Crippen molar-refractivity contribution in [2.24, 2.45) is 0 Å². The van der Waals surface area contributed by atoms with Gasteiger partial charge in [0.1, 0.15) is 0 Å². The number of fused-ring (bicyclic) bond motifs is 1. The summed E-state index contributed by atoms with van der Waals surface area (Å²) in [6.07, 6.45) is 7.68. The van der Waals surface area contributed by atoms with Crippen LogP contribution in [-0.4, -0.2) is 11.4 Å². The third-order valence-corrected chi connectivity index (χ3v) is 3.65. The first kappa shape index (κ1) is 13.7. The molecule has 0 aliphatic carbocycles. The maximum absolute atomic E-state index is 10.6. The van der Waals surface area contributed by atoms with Gasteiger partial charge in [0.05, 0.1) is 0 Å². The molecule has 19 heavy (non-hydrogen) atoms. The van der Waals surface area contributed by atoms with Gasteiger partial charge in [-0.15, -0.1) is 0 Å². The standard InChI is InChI=1S/C16H22N2O/c1-3-5-12(6-4-2)15-10-17-16-8-7-13(18-11-19)9-14(15)16/h7-12,17H,3-6H2,1-2H3,(H,18,19). The molecule has 1 heterocycles. The lowest BCUT2D eigenvalue weighted by molar-refractivity contribution is -0.105. The van der Waals surface area contributed by atoms with E-state index in [0.717, 1.165) is 17.6 Å². The van der Waals surface area contributed by atoms with Crippen LogP contribution in [0.1, 0.15) is 51.0 Å². The number of anilines is 1. The fraction of sp³-hybridized carbons (Fsp3) is 0.438. The summed E-state index contributed by atoms with van der Waals surface area (Å²) in [5.74, 6) is 0.607. The largest absolute Gasteiger partial charge is 0.361 e. The summed E-state index contributed by atoms with van der Waals surface area (Å²) in [5.41, 5.74) is 3.38. The van der Waals surface area contributed by atoms with Crippen LogP contribution in [0.3, 0.4) is 0 Å². The molecule has 0 saturated carbocycles. The third kappa shape index (κ3) is 2.98. The van der Waals surface area contributed by atoms with Crippen LogP contribution >= 0.6 is 0 Å². The van der Waals surface area contributed by atoms with Crippen LogP contribution < -0.4 is 5.32 Å². The monoisotopic (exact) mass is 258 g/mol. The molecule has 0 bridgehead atoms. The number of hydrogen-bond acceptors (Lipinski definition) is 1. The van der Waals surface area contributed by atoms with Crippen molar-refractivity contribution < 1.29 is 4.79 Å². The molecule has 0 fully saturated rings. The maximum atomic E-state index is 10.6. The Hall–Kier alpha value is -1.77. The Morgan fingerprint density at radius 2 is 2.00 bits per heavy atom. The first-order valence-electron chi connectivity index (χ1n) is 7.11. The molecule has 0 saturated heterocycles. The second-order valence-electron chi connectivity index (χ2n) is 5.04. The molecule has 2 aromatic rings. The maximum Gasteiger partial charge on any atom is 0.211 e. The number of carbonyl (C=O) groups excluding carboxylic acids is 1. The van der Waals surface area contributed by atoms with E-state index in [1.165, 1.54) is 36.6 Å². The molecule has 0 radical (unpaired) electrons. The number of benzene rings is 1. The number of nitrogens with one attached hydrogen (secondary N) is 2. The van der Waals surface area contributed by atoms with Gasteiger partial charge in [-0.05, 0) is 42.5 Å². The highest BCUT2D eigenvalue weighted by molar-refractivity contribution is 5.88. The van der Waals surface area contributed by atoms with E-state index in [2.05, 4.69) is 36.4 Å². The molecular formula is C16H22N2O. The van der Waals surface area contributed by atoms with Crippen LogP contribution in [0.4, 0.5) is 5.69 Å². The van der Waals surface area contributed by atoms with Gasteiger partial charge in [-0.2, -0.15) is 0 Å². The number of aromatic amines is 1. The van der Waals surface area contributed by atoms with Gasteiger partial charge in [-0.1, -0.05) is 26.7 Å². The van der Waals surface area contributed by atoms with Crippen molar-refractivity contribution in [2.45, 2.75) is 45.4 Å². The molecule has 102 valence electrons. The smallest absolute Gasteiger partial charge is 0.211 e. The molecule has 2 N–H and O–H groups in total. The van der Waals surface area contributed by atoms with Crippen molar-refractivity contribution in [3.63, 3.8) is 0 Å². The van der Waals surface area contributed by atoms with Crippen LogP contribution in [0.2, 0.25) is 0 Å². The quantitative estimate of drug-likeness (QED) is 0.709. The second kappa shape index (κ2) is 6.41. The first-order chi connectivity index (χ1) is 9.30. The minimum atomic E-state index is 0.607. The number of H-pyrrole nitrogens is 1. The summed E-state index contributed by atoms with van der Waals surface area (Å²) < 4.78 is 0. The van der Waals surface area contributed by atoms with Gasteiger partial charge < -0.3 is 10.3 Å². The average molecular weight is 258 g/mol. The Morgan fingerprint density at radius 3 is 2.63 bits per heavy atom. The number of carbonyl (C=O) groups is 1. The molecule has 1 aromatic carbocycles. The predicted octanol–water partition coefficient (Wildman–Crippen LogP) is 4.42. The van der Waals surface area contributed by atoms with E-state index in [1.807, 2.05) is 12.1 Å². The Morgan fingerprint density at radius 1 is 1.26 bits per heavy atom. The molecule has 1 amide bonds. The van der Waals surface area contributed by atoms with E-state index in [4.69, 9.17) is 0 Å². The molecule has 3 nitrogen and oxygen atoms in total. The highest BCUT2D eigenvalue weighted by atomic mass is 16.1. The lowest BCUT2D eigenvalue weighted by Crippen LogP contribution is -1.98. The lowest BCUT2D eigenvalue weighted by atomic mass is 9.90. The van der Waals surface area contributed by atoms with Crippen molar-refractivity contribution in [1.29, 1.82) is 0 Å². The lowest BCUT2D eigenvalue weighted by Gasteiger charge is -2.14. The van der Waals surface area contributed by atoms with E-state index >= 15 is 0 Å². The summed E-state index contributed by atoms with van der Waals surface area (Å²) >= 11 is 0. The highest BCUT2D eigenvalue weighted by Gasteiger charge is 2.14. The zero-order chi connectivity index (χ0) is 13.7. The van der Waals surface area contributed by atoms with Crippen molar-refractivity contribution >= 4 is 23.0 Å². The summed E-state index contributed by atoms with van der Waals surface area (Å²) in [6.45, 7) is 4.47. The Balaban J connectivity index is 2.40. The summed E-state index contributed by atoms with van der Waals surface area (Å²) in [4.78, 5) is 13.9. The summed E-state index contributed by atoms with van der Waals surface area (Å²) in [6, 6.07) is 6.01. The Kier molecular flexibility index (Phi) is 4.61. The normalized spacial score (nSPS) is 11.1. The Bertz CT molecular complexity index is 539. The number of hydrogen-bond donors (Lipinski definition) is 2. The molecule has 0 spiro atoms.